The minimum Gasteiger partial charge on any atom is -0.394 e. The molecule has 0 fully saturated rings. The highest BCUT2D eigenvalue weighted by Crippen LogP contribution is 2.30. The molecule has 4 N–H and O–H groups in total. The van der Waals surface area contributed by atoms with Crippen molar-refractivity contribution in [1.82, 2.24) is 0 Å². The zero-order valence-electron chi connectivity index (χ0n) is 9.51. The van der Waals surface area contributed by atoms with Crippen molar-refractivity contribution in [2.24, 2.45) is 0 Å². The number of anilines is 1. The fourth-order valence-corrected chi connectivity index (χ4v) is 1.94. The van der Waals surface area contributed by atoms with Crippen LogP contribution in [0.3, 0.4) is 0 Å². The average Bonchev–Trinajstić information content (AvgIpc) is 2.36. The van der Waals surface area contributed by atoms with Gasteiger partial charge >= 0.3 is 0 Å². The van der Waals surface area contributed by atoms with Crippen LogP contribution in [-0.4, -0.2) is 40.3 Å². The van der Waals surface area contributed by atoms with E-state index in [2.05, 4.69) is 5.32 Å². The zero-order chi connectivity index (χ0) is 13.5. The molecule has 0 radical (unpaired) electrons. The Bertz CT molecular complexity index is 379. The normalized spacial score (nSPS) is 12.8. The fourth-order valence-electron chi connectivity index (χ4n) is 1.32. The first-order valence-corrected chi connectivity index (χ1v) is 6.16. The maximum absolute atomic E-state index is 12.2. The van der Waals surface area contributed by atoms with E-state index in [0.29, 0.717) is 27.9 Å². The third-order valence-electron chi connectivity index (χ3n) is 2.20. The third kappa shape index (κ3) is 4.77. The maximum atomic E-state index is 12.2. The molecule has 102 valence electrons. The molecular weight excluding hydrogens is 264 g/mol. The average molecular weight is 279 g/mol. The highest BCUT2D eigenvalue weighted by atomic mass is 32.2. The molecule has 0 aliphatic rings. The van der Waals surface area contributed by atoms with E-state index < -0.39 is 11.9 Å². The Morgan fingerprint density at radius 1 is 1.28 bits per heavy atom. The van der Waals surface area contributed by atoms with Gasteiger partial charge in [-0.2, -0.15) is 8.78 Å². The molecule has 18 heavy (non-hydrogen) atoms. The zero-order valence-corrected chi connectivity index (χ0v) is 10.3. The Balaban J connectivity index is 2.72. The molecular formula is C11H15F2NO3S. The molecule has 0 aromatic heterocycles. The largest absolute Gasteiger partial charge is 0.394 e. The number of aliphatic hydroxyl groups is 3. The van der Waals surface area contributed by atoms with Crippen molar-refractivity contribution < 1.29 is 24.1 Å². The van der Waals surface area contributed by atoms with Gasteiger partial charge in [0.05, 0.1) is 19.3 Å². The molecule has 1 atom stereocenters. The first-order valence-electron chi connectivity index (χ1n) is 5.28. The molecule has 0 aliphatic carbocycles. The fraction of sp³-hybridized carbons (Fsp3) is 0.455. The summed E-state index contributed by atoms with van der Waals surface area (Å²) in [4.78, 5) is 0.320. The number of aliphatic hydroxyl groups excluding tert-OH is 3. The molecule has 0 heterocycles. The van der Waals surface area contributed by atoms with Crippen LogP contribution in [0.2, 0.25) is 0 Å². The van der Waals surface area contributed by atoms with Gasteiger partial charge in [-0.05, 0) is 23.8 Å². The lowest BCUT2D eigenvalue weighted by atomic mass is 10.2. The number of hydrogen-bond acceptors (Lipinski definition) is 5. The summed E-state index contributed by atoms with van der Waals surface area (Å²) < 4.78 is 24.5. The summed E-state index contributed by atoms with van der Waals surface area (Å²) in [6.07, 6.45) is -0.891. The van der Waals surface area contributed by atoms with Crippen LogP contribution in [0.15, 0.2) is 23.1 Å². The molecule has 0 saturated heterocycles. The number of hydrogen-bond donors (Lipinski definition) is 4. The minimum atomic E-state index is -2.54. The highest BCUT2D eigenvalue weighted by molar-refractivity contribution is 7.99. The van der Waals surface area contributed by atoms with Crippen LogP contribution in [0.5, 0.6) is 0 Å². The summed E-state index contributed by atoms with van der Waals surface area (Å²) in [7, 11) is 0. The van der Waals surface area contributed by atoms with Crippen molar-refractivity contribution in [1.29, 1.82) is 0 Å². The van der Waals surface area contributed by atoms with E-state index in [9.17, 15) is 8.78 Å². The second-order valence-electron chi connectivity index (χ2n) is 3.58. The van der Waals surface area contributed by atoms with Crippen LogP contribution in [0.1, 0.15) is 5.56 Å². The summed E-state index contributed by atoms with van der Waals surface area (Å²) >= 11 is 0.377. The lowest BCUT2D eigenvalue weighted by molar-refractivity contribution is 0.105. The smallest absolute Gasteiger partial charge is 0.288 e. The van der Waals surface area contributed by atoms with Crippen molar-refractivity contribution in [3.05, 3.63) is 23.8 Å². The lowest BCUT2D eigenvalue weighted by Crippen LogP contribution is -2.22. The Hall–Kier alpha value is -0.890. The highest BCUT2D eigenvalue weighted by Gasteiger charge is 2.10. The number of thioether (sulfide) groups is 1. The van der Waals surface area contributed by atoms with Crippen LogP contribution >= 0.6 is 11.8 Å². The molecule has 0 spiro atoms. The summed E-state index contributed by atoms with van der Waals surface area (Å²) in [6.45, 7) is -0.561. The molecule has 0 saturated carbocycles. The lowest BCUT2D eigenvalue weighted by Gasteiger charge is -2.13. The van der Waals surface area contributed by atoms with Gasteiger partial charge in [0.2, 0.25) is 0 Å². The Morgan fingerprint density at radius 3 is 2.56 bits per heavy atom. The quantitative estimate of drug-likeness (QED) is 0.566. The molecule has 4 nitrogen and oxygen atoms in total. The molecule has 0 aliphatic heterocycles. The molecule has 0 amide bonds. The molecule has 1 aromatic carbocycles. The van der Waals surface area contributed by atoms with Gasteiger partial charge in [0.25, 0.3) is 5.76 Å². The summed E-state index contributed by atoms with van der Waals surface area (Å²) in [6, 6.07) is 4.60. The topological polar surface area (TPSA) is 72.7 Å². The van der Waals surface area contributed by atoms with Crippen LogP contribution in [0.4, 0.5) is 14.5 Å². The van der Waals surface area contributed by atoms with E-state index in [-0.39, 0.29) is 19.8 Å². The molecule has 1 rings (SSSR count). The van der Waals surface area contributed by atoms with Gasteiger partial charge < -0.3 is 20.6 Å². The predicted molar refractivity (Wildman–Crippen MR) is 65.8 cm³/mol. The van der Waals surface area contributed by atoms with E-state index in [4.69, 9.17) is 15.3 Å². The first-order chi connectivity index (χ1) is 8.56. The Kier molecular flexibility index (Phi) is 6.34. The molecule has 1 unspecified atom stereocenters. The van der Waals surface area contributed by atoms with Gasteiger partial charge in [-0.1, -0.05) is 11.8 Å². The van der Waals surface area contributed by atoms with E-state index >= 15 is 0 Å². The van der Waals surface area contributed by atoms with Gasteiger partial charge in [0.15, 0.2) is 0 Å². The Labute approximate surface area is 108 Å². The first kappa shape index (κ1) is 15.2. The number of benzene rings is 1. The van der Waals surface area contributed by atoms with Crippen molar-refractivity contribution in [2.45, 2.75) is 23.4 Å². The second-order valence-corrected chi connectivity index (χ2v) is 4.61. The maximum Gasteiger partial charge on any atom is 0.288 e. The van der Waals surface area contributed by atoms with Crippen molar-refractivity contribution in [3.63, 3.8) is 0 Å². The molecule has 1 aromatic rings. The standard InChI is InChI=1S/C11H15F2NO3S/c12-11(13)18-10-2-1-8(3-7(10)5-15)14-4-9(17)6-16/h1-3,9,11,14-17H,4-6H2. The van der Waals surface area contributed by atoms with Gasteiger partial charge in [0.1, 0.15) is 0 Å². The monoisotopic (exact) mass is 279 g/mol. The van der Waals surface area contributed by atoms with Crippen molar-refractivity contribution in [3.8, 4) is 0 Å². The summed E-state index contributed by atoms with van der Waals surface area (Å²) in [5.41, 5.74) is 0.981. The Morgan fingerprint density at radius 2 is 2.00 bits per heavy atom. The summed E-state index contributed by atoms with van der Waals surface area (Å²) in [5.74, 6) is -2.54. The van der Waals surface area contributed by atoms with Crippen molar-refractivity contribution in [2.75, 3.05) is 18.5 Å². The van der Waals surface area contributed by atoms with Crippen LogP contribution in [0.25, 0.3) is 0 Å². The number of rotatable bonds is 7. The molecule has 0 bridgehead atoms. The van der Waals surface area contributed by atoms with E-state index in [1.165, 1.54) is 12.1 Å². The van der Waals surface area contributed by atoms with Crippen LogP contribution < -0.4 is 5.32 Å². The van der Waals surface area contributed by atoms with Gasteiger partial charge in [-0.25, -0.2) is 0 Å². The summed E-state index contributed by atoms with van der Waals surface area (Å²) in [5, 5.41) is 29.7. The van der Waals surface area contributed by atoms with Crippen molar-refractivity contribution >= 4 is 17.4 Å². The van der Waals surface area contributed by atoms with Gasteiger partial charge in [0, 0.05) is 17.1 Å². The van der Waals surface area contributed by atoms with Crippen LogP contribution in [0, 0.1) is 0 Å². The van der Waals surface area contributed by atoms with E-state index in [1.807, 2.05) is 0 Å². The second kappa shape index (κ2) is 7.52. The molecule has 7 heteroatoms. The predicted octanol–water partition coefficient (Wildman–Crippen LogP) is 1.26. The van der Waals surface area contributed by atoms with Crippen LogP contribution in [-0.2, 0) is 6.61 Å². The number of alkyl halides is 2. The van der Waals surface area contributed by atoms with Gasteiger partial charge in [-0.15, -0.1) is 0 Å². The number of halogens is 2. The number of nitrogens with one attached hydrogen (secondary N) is 1. The van der Waals surface area contributed by atoms with Gasteiger partial charge in [-0.3, -0.25) is 0 Å². The van der Waals surface area contributed by atoms with E-state index in [0.717, 1.165) is 0 Å². The SMILES string of the molecule is OCc1cc(NCC(O)CO)ccc1SC(F)F. The third-order valence-corrected chi connectivity index (χ3v) is 3.03. The minimum absolute atomic E-state index is 0.142. The van der Waals surface area contributed by atoms with E-state index in [1.54, 1.807) is 6.07 Å².